The lowest BCUT2D eigenvalue weighted by Crippen LogP contribution is -2.49. The van der Waals surface area contributed by atoms with Crippen LogP contribution in [0.2, 0.25) is 5.02 Å². The number of aromatic nitrogens is 3. The molecule has 2 aromatic heterocycles. The quantitative estimate of drug-likeness (QED) is 0.672. The van der Waals surface area contributed by atoms with Crippen LogP contribution in [0.4, 0.5) is 10.2 Å². The average molecular weight is 442 g/mol. The van der Waals surface area contributed by atoms with E-state index in [1.54, 1.807) is 11.1 Å². The monoisotopic (exact) mass is 441 g/mol. The fourth-order valence-electron chi connectivity index (χ4n) is 3.51. The number of aromatic amines is 1. The van der Waals surface area contributed by atoms with Gasteiger partial charge in [-0.15, -0.1) is 0 Å². The molecule has 0 radical (unpaired) electrons. The van der Waals surface area contributed by atoms with Crippen molar-refractivity contribution >= 4 is 23.3 Å². The third kappa shape index (κ3) is 4.59. The third-order valence-electron chi connectivity index (χ3n) is 5.23. The molecular formula is C22H21ClFN5O2. The highest BCUT2D eigenvalue weighted by molar-refractivity contribution is 6.33. The van der Waals surface area contributed by atoms with E-state index in [2.05, 4.69) is 19.9 Å². The van der Waals surface area contributed by atoms with Gasteiger partial charge < -0.3 is 14.8 Å². The van der Waals surface area contributed by atoms with Gasteiger partial charge in [-0.25, -0.2) is 14.4 Å². The van der Waals surface area contributed by atoms with Crippen molar-refractivity contribution in [2.45, 2.75) is 13.3 Å². The summed E-state index contributed by atoms with van der Waals surface area (Å²) in [4.78, 5) is 40.0. The Kier molecular flexibility index (Phi) is 5.99. The minimum absolute atomic E-state index is 0.114. The van der Waals surface area contributed by atoms with Gasteiger partial charge in [0.25, 0.3) is 11.5 Å². The minimum Gasteiger partial charge on any atom is -0.353 e. The van der Waals surface area contributed by atoms with Gasteiger partial charge in [-0.3, -0.25) is 9.59 Å². The number of hydrogen-bond acceptors (Lipinski definition) is 5. The summed E-state index contributed by atoms with van der Waals surface area (Å²) in [6.45, 7) is 4.17. The molecule has 1 aromatic carbocycles. The van der Waals surface area contributed by atoms with Crippen LogP contribution in [0.1, 0.15) is 23.0 Å². The molecule has 3 heterocycles. The number of nitrogens with zero attached hydrogens (tertiary/aromatic N) is 4. The third-order valence-corrected chi connectivity index (χ3v) is 5.54. The summed E-state index contributed by atoms with van der Waals surface area (Å²) in [7, 11) is 0. The van der Waals surface area contributed by atoms with Crippen LogP contribution in [-0.2, 0) is 6.42 Å². The molecule has 1 aliphatic rings. The van der Waals surface area contributed by atoms with Gasteiger partial charge in [0.15, 0.2) is 0 Å². The van der Waals surface area contributed by atoms with Crippen molar-refractivity contribution < 1.29 is 9.18 Å². The second kappa shape index (κ2) is 8.85. The van der Waals surface area contributed by atoms with Crippen LogP contribution >= 0.6 is 11.6 Å². The summed E-state index contributed by atoms with van der Waals surface area (Å²) in [6, 6.07) is 9.04. The molecule has 3 aromatic rings. The Balaban J connectivity index is 1.43. The molecule has 9 heteroatoms. The molecule has 0 aliphatic carbocycles. The summed E-state index contributed by atoms with van der Waals surface area (Å²) in [5, 5.41) is 0.114. The van der Waals surface area contributed by atoms with E-state index >= 15 is 0 Å². The molecule has 7 nitrogen and oxygen atoms in total. The zero-order valence-electron chi connectivity index (χ0n) is 16.9. The second-order valence-corrected chi connectivity index (χ2v) is 7.65. The number of anilines is 1. The van der Waals surface area contributed by atoms with E-state index in [0.29, 0.717) is 44.0 Å². The standard InChI is InChI=1S/C22H21ClFN5O2/c1-2-16-12-20(30)27-21(26-16)14-3-6-19(25-13-14)28-7-9-29(10-8-28)22(31)17-5-4-15(24)11-18(17)23/h3-6,11-13H,2,7-10H2,1H3,(H,26,27,30). The summed E-state index contributed by atoms with van der Waals surface area (Å²) in [5.41, 5.74) is 1.57. The summed E-state index contributed by atoms with van der Waals surface area (Å²) in [5.74, 6) is 0.597. The van der Waals surface area contributed by atoms with Gasteiger partial charge >= 0.3 is 0 Å². The smallest absolute Gasteiger partial charge is 0.255 e. The van der Waals surface area contributed by atoms with Crippen molar-refractivity contribution in [3.8, 4) is 11.4 Å². The van der Waals surface area contributed by atoms with Gasteiger partial charge in [-0.05, 0) is 36.8 Å². The van der Waals surface area contributed by atoms with Crippen LogP contribution in [-0.4, -0.2) is 51.9 Å². The van der Waals surface area contributed by atoms with Crippen molar-refractivity contribution in [2.24, 2.45) is 0 Å². The van der Waals surface area contributed by atoms with Crippen LogP contribution in [0.25, 0.3) is 11.4 Å². The fraction of sp³-hybridized carbons (Fsp3) is 0.273. The van der Waals surface area contributed by atoms with Gasteiger partial charge in [0.05, 0.1) is 10.6 Å². The molecule has 0 bridgehead atoms. The highest BCUT2D eigenvalue weighted by atomic mass is 35.5. The maximum Gasteiger partial charge on any atom is 0.255 e. The van der Waals surface area contributed by atoms with Crippen molar-refractivity contribution in [3.05, 3.63) is 75.0 Å². The summed E-state index contributed by atoms with van der Waals surface area (Å²) < 4.78 is 13.2. The molecule has 1 fully saturated rings. The molecule has 1 N–H and O–H groups in total. The number of nitrogens with one attached hydrogen (secondary N) is 1. The number of halogens is 2. The van der Waals surface area contributed by atoms with Gasteiger partial charge in [-0.2, -0.15) is 0 Å². The van der Waals surface area contributed by atoms with E-state index in [0.717, 1.165) is 23.1 Å². The summed E-state index contributed by atoms with van der Waals surface area (Å²) in [6.07, 6.45) is 2.36. The van der Waals surface area contributed by atoms with E-state index in [9.17, 15) is 14.0 Å². The number of hydrogen-bond donors (Lipinski definition) is 1. The first kappa shape index (κ1) is 21.0. The highest BCUT2D eigenvalue weighted by Gasteiger charge is 2.24. The Labute approximate surface area is 183 Å². The first-order valence-electron chi connectivity index (χ1n) is 10.0. The molecule has 0 spiro atoms. The van der Waals surface area contributed by atoms with Crippen LogP contribution in [0.3, 0.4) is 0 Å². The number of pyridine rings is 1. The van der Waals surface area contributed by atoms with Gasteiger partial charge in [-0.1, -0.05) is 18.5 Å². The number of rotatable bonds is 4. The van der Waals surface area contributed by atoms with Crippen molar-refractivity contribution in [1.29, 1.82) is 0 Å². The molecule has 1 aliphatic heterocycles. The van der Waals surface area contributed by atoms with Crippen LogP contribution in [0.5, 0.6) is 0 Å². The lowest BCUT2D eigenvalue weighted by Gasteiger charge is -2.35. The van der Waals surface area contributed by atoms with E-state index in [1.165, 1.54) is 18.2 Å². The molecule has 0 saturated carbocycles. The predicted octanol–water partition coefficient (Wildman–Crippen LogP) is 3.15. The maximum atomic E-state index is 13.2. The molecule has 1 saturated heterocycles. The number of aryl methyl sites for hydroxylation is 1. The first-order valence-corrected chi connectivity index (χ1v) is 10.4. The zero-order chi connectivity index (χ0) is 22.0. The molecule has 1 amide bonds. The van der Waals surface area contributed by atoms with Gasteiger partial charge in [0.2, 0.25) is 0 Å². The van der Waals surface area contributed by atoms with E-state index in [1.807, 2.05) is 19.1 Å². The Bertz CT molecular complexity index is 1160. The lowest BCUT2D eigenvalue weighted by molar-refractivity contribution is 0.0746. The van der Waals surface area contributed by atoms with E-state index < -0.39 is 5.82 Å². The Morgan fingerprint density at radius 1 is 1.16 bits per heavy atom. The predicted molar refractivity (Wildman–Crippen MR) is 117 cm³/mol. The lowest BCUT2D eigenvalue weighted by atomic mass is 10.1. The van der Waals surface area contributed by atoms with Crippen LogP contribution in [0.15, 0.2) is 47.4 Å². The maximum absolute atomic E-state index is 13.2. The number of carbonyl (C=O) groups excluding carboxylic acids is 1. The number of H-pyrrole nitrogens is 1. The molecule has 4 rings (SSSR count). The fourth-order valence-corrected chi connectivity index (χ4v) is 3.76. The number of amides is 1. The van der Waals surface area contributed by atoms with E-state index in [-0.39, 0.29) is 16.5 Å². The number of benzene rings is 1. The molecular weight excluding hydrogens is 421 g/mol. The van der Waals surface area contributed by atoms with Crippen molar-refractivity contribution in [2.75, 3.05) is 31.1 Å². The largest absolute Gasteiger partial charge is 0.353 e. The van der Waals surface area contributed by atoms with Gasteiger partial charge in [0, 0.05) is 49.7 Å². The second-order valence-electron chi connectivity index (χ2n) is 7.25. The molecule has 0 atom stereocenters. The molecule has 31 heavy (non-hydrogen) atoms. The molecule has 160 valence electrons. The Morgan fingerprint density at radius 3 is 2.58 bits per heavy atom. The first-order chi connectivity index (χ1) is 14.9. The van der Waals surface area contributed by atoms with Crippen LogP contribution < -0.4 is 10.5 Å². The Morgan fingerprint density at radius 2 is 1.94 bits per heavy atom. The summed E-state index contributed by atoms with van der Waals surface area (Å²) >= 11 is 6.03. The topological polar surface area (TPSA) is 82.2 Å². The average Bonchev–Trinajstić information content (AvgIpc) is 2.78. The van der Waals surface area contributed by atoms with Crippen LogP contribution in [0, 0.1) is 5.82 Å². The SMILES string of the molecule is CCc1cc(=O)[nH]c(-c2ccc(N3CCN(C(=O)c4ccc(F)cc4Cl)CC3)nc2)n1. The van der Waals surface area contributed by atoms with Gasteiger partial charge in [0.1, 0.15) is 17.5 Å². The molecule has 0 unspecified atom stereocenters. The van der Waals surface area contributed by atoms with E-state index in [4.69, 9.17) is 11.6 Å². The zero-order valence-corrected chi connectivity index (χ0v) is 17.7. The highest BCUT2D eigenvalue weighted by Crippen LogP contribution is 2.22. The van der Waals surface area contributed by atoms with Crippen molar-refractivity contribution in [3.63, 3.8) is 0 Å². The normalized spacial score (nSPS) is 14.0. The number of carbonyl (C=O) groups is 1. The minimum atomic E-state index is -0.471. The Hall–Kier alpha value is -3.26. The van der Waals surface area contributed by atoms with Crippen molar-refractivity contribution in [1.82, 2.24) is 19.9 Å². The number of piperazine rings is 1.